The van der Waals surface area contributed by atoms with E-state index in [1.807, 2.05) is 0 Å². The van der Waals surface area contributed by atoms with Crippen LogP contribution >= 0.6 is 0 Å². The zero-order valence-corrected chi connectivity index (χ0v) is 21.6. The van der Waals surface area contributed by atoms with Crippen molar-refractivity contribution in [2.75, 3.05) is 0 Å². The number of hydrogen-bond acceptors (Lipinski definition) is 11. The van der Waals surface area contributed by atoms with Crippen molar-refractivity contribution in [1.29, 1.82) is 0 Å². The van der Waals surface area contributed by atoms with E-state index in [4.69, 9.17) is 23.4 Å². The SMILES string of the molecule is CC(=O)O[C@H]1C(=O)O[C@@]2(C)C=C[C@]3(O)O[C@@H]4C(=O)[C@@]5(C)[C@H](c6ccoc6)C[C@H]6O[C@]65[C@](C)(O)[C@H]4[C@]3(C)[C@@]12O. The van der Waals surface area contributed by atoms with Crippen molar-refractivity contribution in [2.45, 2.75) is 93.5 Å². The molecule has 0 amide bonds. The quantitative estimate of drug-likeness (QED) is 0.277. The molecule has 0 unspecified atom stereocenters. The van der Waals surface area contributed by atoms with Crippen LogP contribution in [0.25, 0.3) is 0 Å². The van der Waals surface area contributed by atoms with Gasteiger partial charge in [-0.05, 0) is 51.0 Å². The molecule has 1 aromatic rings. The Morgan fingerprint density at radius 2 is 1.79 bits per heavy atom. The van der Waals surface area contributed by atoms with Gasteiger partial charge in [-0.1, -0.05) is 6.92 Å². The highest BCUT2D eigenvalue weighted by Gasteiger charge is 2.94. The Kier molecular flexibility index (Phi) is 4.13. The van der Waals surface area contributed by atoms with Crippen molar-refractivity contribution in [3.63, 3.8) is 0 Å². The van der Waals surface area contributed by atoms with E-state index in [0.717, 1.165) is 12.5 Å². The average molecular weight is 531 g/mol. The van der Waals surface area contributed by atoms with Crippen molar-refractivity contribution < 1.29 is 53.1 Å². The van der Waals surface area contributed by atoms with Crippen LogP contribution in [-0.2, 0) is 33.3 Å². The maximum absolute atomic E-state index is 14.5. The van der Waals surface area contributed by atoms with Gasteiger partial charge in [-0.25, -0.2) is 4.79 Å². The van der Waals surface area contributed by atoms with Crippen LogP contribution in [0.1, 0.15) is 52.5 Å². The van der Waals surface area contributed by atoms with E-state index in [9.17, 15) is 29.7 Å². The van der Waals surface area contributed by atoms with Crippen LogP contribution < -0.4 is 0 Å². The largest absolute Gasteiger partial charge is 0.472 e. The molecule has 1 spiro atoms. The molecule has 0 aromatic carbocycles. The molecule has 5 fully saturated rings. The molecule has 11 heteroatoms. The lowest BCUT2D eigenvalue weighted by Gasteiger charge is -2.60. The lowest BCUT2D eigenvalue weighted by atomic mass is 9.43. The normalized spacial score (nSPS) is 57.4. The van der Waals surface area contributed by atoms with E-state index in [1.54, 1.807) is 19.3 Å². The number of hydrogen-bond donors (Lipinski definition) is 3. The topological polar surface area (TPSA) is 165 Å². The van der Waals surface area contributed by atoms with E-state index < -0.39 is 81.0 Å². The molecule has 3 N–H and O–H groups in total. The molecule has 7 rings (SSSR count). The summed E-state index contributed by atoms with van der Waals surface area (Å²) < 4.78 is 28.4. The molecule has 11 nitrogen and oxygen atoms in total. The van der Waals surface area contributed by atoms with Gasteiger partial charge in [0, 0.05) is 18.8 Å². The number of ether oxygens (including phenoxy) is 4. The first-order chi connectivity index (χ1) is 17.6. The number of epoxide rings is 1. The molecule has 4 heterocycles. The van der Waals surface area contributed by atoms with Crippen LogP contribution in [0.3, 0.4) is 0 Å². The first-order valence-corrected chi connectivity index (χ1v) is 12.8. The third kappa shape index (κ3) is 2.10. The number of carbonyl (C=O) groups excluding carboxylic acids is 3. The van der Waals surface area contributed by atoms with Gasteiger partial charge in [-0.2, -0.15) is 0 Å². The smallest absolute Gasteiger partial charge is 0.351 e. The van der Waals surface area contributed by atoms with Gasteiger partial charge in [0.2, 0.25) is 6.10 Å². The summed E-state index contributed by atoms with van der Waals surface area (Å²) in [6, 6.07) is 1.77. The number of esters is 2. The Hall–Kier alpha value is -2.57. The molecule has 3 saturated heterocycles. The van der Waals surface area contributed by atoms with Crippen LogP contribution in [0, 0.1) is 16.7 Å². The van der Waals surface area contributed by atoms with Crippen LogP contribution in [0.5, 0.6) is 0 Å². The van der Waals surface area contributed by atoms with Gasteiger partial charge in [0.25, 0.3) is 0 Å². The number of ketones is 1. The summed E-state index contributed by atoms with van der Waals surface area (Å²) in [7, 11) is 0. The Labute approximate surface area is 217 Å². The molecule has 1 aromatic heterocycles. The second-order valence-electron chi connectivity index (χ2n) is 12.4. The molecule has 0 radical (unpaired) electrons. The lowest BCUT2D eigenvalue weighted by Crippen LogP contribution is -2.78. The predicted octanol–water partition coefficient (Wildman–Crippen LogP) is 0.502. The van der Waals surface area contributed by atoms with E-state index in [1.165, 1.54) is 39.2 Å². The fourth-order valence-electron chi connectivity index (χ4n) is 9.35. The number of aliphatic hydroxyl groups is 3. The minimum atomic E-state index is -2.44. The summed E-state index contributed by atoms with van der Waals surface area (Å²) in [4.78, 5) is 39.5. The molecule has 6 aliphatic rings. The minimum absolute atomic E-state index is 0.359. The lowest BCUT2D eigenvalue weighted by molar-refractivity contribution is -0.301. The third-order valence-electron chi connectivity index (χ3n) is 11.1. The van der Waals surface area contributed by atoms with E-state index >= 15 is 0 Å². The fourth-order valence-corrected chi connectivity index (χ4v) is 9.35. The predicted molar refractivity (Wildman–Crippen MR) is 123 cm³/mol. The molecule has 12 atom stereocenters. The average Bonchev–Trinajstić information content (AvgIpc) is 3.07. The summed E-state index contributed by atoms with van der Waals surface area (Å²) in [6.07, 6.45) is 2.28. The van der Waals surface area contributed by atoms with Crippen molar-refractivity contribution >= 4 is 17.7 Å². The Balaban J connectivity index is 1.45. The Morgan fingerprint density at radius 1 is 1.08 bits per heavy atom. The van der Waals surface area contributed by atoms with Gasteiger partial charge >= 0.3 is 11.9 Å². The Bertz CT molecular complexity index is 1330. The second kappa shape index (κ2) is 6.42. The van der Waals surface area contributed by atoms with Gasteiger partial charge in [-0.15, -0.1) is 0 Å². The van der Waals surface area contributed by atoms with Crippen LogP contribution in [0.2, 0.25) is 0 Å². The highest BCUT2D eigenvalue weighted by atomic mass is 16.7. The van der Waals surface area contributed by atoms with Crippen LogP contribution in [-0.4, -0.2) is 79.5 Å². The van der Waals surface area contributed by atoms with Gasteiger partial charge in [-0.3, -0.25) is 9.59 Å². The number of furan rings is 1. The maximum atomic E-state index is 14.5. The molecule has 3 aliphatic heterocycles. The highest BCUT2D eigenvalue weighted by molar-refractivity contribution is 5.95. The monoisotopic (exact) mass is 530 g/mol. The molecule has 204 valence electrons. The van der Waals surface area contributed by atoms with Gasteiger partial charge in [0.15, 0.2) is 22.8 Å². The third-order valence-corrected chi connectivity index (χ3v) is 11.1. The van der Waals surface area contributed by atoms with Gasteiger partial charge in [0.05, 0.1) is 29.5 Å². The van der Waals surface area contributed by atoms with Crippen molar-refractivity contribution in [1.82, 2.24) is 0 Å². The summed E-state index contributed by atoms with van der Waals surface area (Å²) in [5, 5.41) is 37.1. The summed E-state index contributed by atoms with van der Waals surface area (Å²) in [5.74, 6) is -6.28. The second-order valence-corrected chi connectivity index (χ2v) is 12.4. The summed E-state index contributed by atoms with van der Waals surface area (Å²) >= 11 is 0. The Morgan fingerprint density at radius 3 is 2.42 bits per heavy atom. The molecule has 2 saturated carbocycles. The zero-order valence-electron chi connectivity index (χ0n) is 21.6. The summed E-state index contributed by atoms with van der Waals surface area (Å²) in [6.45, 7) is 7.19. The molecular weight excluding hydrogens is 500 g/mol. The number of fused-ring (bicyclic) bond motifs is 5. The highest BCUT2D eigenvalue weighted by Crippen LogP contribution is 2.79. The number of Topliss-reactive ketones (excluding diaryl/α,β-unsaturated/α-hetero) is 1. The van der Waals surface area contributed by atoms with Crippen molar-refractivity contribution in [3.05, 3.63) is 36.3 Å². The zero-order chi connectivity index (χ0) is 27.5. The fraction of sp³-hybridized carbons (Fsp3) is 0.667. The first kappa shape index (κ1) is 24.5. The van der Waals surface area contributed by atoms with Gasteiger partial charge in [0.1, 0.15) is 17.3 Å². The van der Waals surface area contributed by atoms with E-state index in [2.05, 4.69) is 0 Å². The molecular formula is C27H30O11. The van der Waals surface area contributed by atoms with Gasteiger partial charge < -0.3 is 38.7 Å². The van der Waals surface area contributed by atoms with Crippen molar-refractivity contribution in [2.24, 2.45) is 16.7 Å². The van der Waals surface area contributed by atoms with Crippen molar-refractivity contribution in [3.8, 4) is 0 Å². The maximum Gasteiger partial charge on any atom is 0.351 e. The van der Waals surface area contributed by atoms with E-state index in [-0.39, 0.29) is 5.92 Å². The first-order valence-electron chi connectivity index (χ1n) is 12.8. The molecule has 0 bridgehead atoms. The summed E-state index contributed by atoms with van der Waals surface area (Å²) in [5.41, 5.74) is -9.92. The standard InChI is InChI=1S/C27H30O11/c1-12(28)35-19-20(30)38-21(2)7-8-25(32)23(4,26(19,21)33)17-16(37-25)18(29)22(3)14(13-6-9-34-11-13)10-15-27(22,36-15)24(17,5)31/h6-9,11,14-17,19,31-33H,10H2,1-5H3/t14-,15+,16-,17+,19-,21-,22+,23-,24+,25-,26+,27+/m0/s1. The minimum Gasteiger partial charge on any atom is -0.472 e. The van der Waals surface area contributed by atoms with Crippen LogP contribution in [0.15, 0.2) is 35.2 Å². The number of carbonyl (C=O) groups is 3. The van der Waals surface area contributed by atoms with E-state index in [0.29, 0.717) is 6.42 Å². The molecule has 38 heavy (non-hydrogen) atoms. The van der Waals surface area contributed by atoms with Crippen LogP contribution in [0.4, 0.5) is 0 Å². The number of rotatable bonds is 2. The molecule has 3 aliphatic carbocycles.